The summed E-state index contributed by atoms with van der Waals surface area (Å²) in [6.45, 7) is 4.94. The van der Waals surface area contributed by atoms with Crippen LogP contribution in [0.4, 0.5) is 13.2 Å². The van der Waals surface area contributed by atoms with Crippen molar-refractivity contribution in [2.75, 3.05) is 6.61 Å². The lowest BCUT2D eigenvalue weighted by molar-refractivity contribution is -0.206. The highest BCUT2D eigenvalue weighted by Gasteiger charge is 2.42. The maximum absolute atomic E-state index is 13.5. The molecule has 50 heavy (non-hydrogen) atoms. The fourth-order valence-corrected chi connectivity index (χ4v) is 5.50. The van der Waals surface area contributed by atoms with E-state index in [4.69, 9.17) is 14.2 Å². The van der Waals surface area contributed by atoms with E-state index in [1.165, 1.54) is 75.6 Å². The van der Waals surface area contributed by atoms with Gasteiger partial charge in [0, 0.05) is 5.56 Å². The minimum atomic E-state index is -4.65. The van der Waals surface area contributed by atoms with Crippen LogP contribution >= 0.6 is 0 Å². The number of hydrogen-bond donors (Lipinski definition) is 0. The van der Waals surface area contributed by atoms with E-state index in [2.05, 4.69) is 23.8 Å². The Labute approximate surface area is 295 Å². The van der Waals surface area contributed by atoms with Gasteiger partial charge in [-0.3, -0.25) is 0 Å². The van der Waals surface area contributed by atoms with Crippen molar-refractivity contribution in [2.45, 2.75) is 135 Å². The quantitative estimate of drug-likeness (QED) is 0.0523. The van der Waals surface area contributed by atoms with E-state index < -0.39 is 24.2 Å². The molecule has 1 aromatic heterocycles. The van der Waals surface area contributed by atoms with Crippen LogP contribution in [0.15, 0.2) is 60.9 Å². The monoisotopic (exact) mass is 698 g/mol. The molecule has 2 aromatic carbocycles. The Kier molecular flexibility index (Phi) is 18.4. The summed E-state index contributed by atoms with van der Waals surface area (Å²) in [4.78, 5) is 34.0. The Bertz CT molecular complexity index is 1380. The van der Waals surface area contributed by atoms with Gasteiger partial charge in [-0.05, 0) is 55.7 Å². The van der Waals surface area contributed by atoms with E-state index in [1.54, 1.807) is 36.7 Å². The van der Waals surface area contributed by atoms with Crippen LogP contribution in [0.3, 0.4) is 0 Å². The molecule has 0 unspecified atom stereocenters. The van der Waals surface area contributed by atoms with Crippen molar-refractivity contribution in [3.05, 3.63) is 72.1 Å². The van der Waals surface area contributed by atoms with Crippen LogP contribution in [0.2, 0.25) is 0 Å². The third-order valence-electron chi connectivity index (χ3n) is 8.51. The number of esters is 2. The van der Waals surface area contributed by atoms with Crippen LogP contribution in [-0.4, -0.2) is 40.8 Å². The normalized spacial score (nSPS) is 12.0. The number of benzene rings is 2. The molecule has 0 aliphatic carbocycles. The van der Waals surface area contributed by atoms with E-state index in [-0.39, 0.29) is 23.3 Å². The molecule has 3 aromatic rings. The Morgan fingerprint density at radius 1 is 0.620 bits per heavy atom. The van der Waals surface area contributed by atoms with Gasteiger partial charge in [0.05, 0.1) is 30.1 Å². The molecular formula is C40H53F3N2O5. The molecule has 0 bridgehead atoms. The molecule has 0 amide bonds. The number of rotatable bonds is 24. The van der Waals surface area contributed by atoms with Crippen LogP contribution in [-0.2, 0) is 4.74 Å². The van der Waals surface area contributed by atoms with Crippen LogP contribution in [0.1, 0.15) is 144 Å². The van der Waals surface area contributed by atoms with Gasteiger partial charge in [-0.25, -0.2) is 19.6 Å². The van der Waals surface area contributed by atoms with Crippen LogP contribution in [0, 0.1) is 0 Å². The van der Waals surface area contributed by atoms with Crippen molar-refractivity contribution in [3.63, 3.8) is 0 Å². The summed E-state index contributed by atoms with van der Waals surface area (Å²) in [7, 11) is 0. The Hall–Kier alpha value is -3.95. The van der Waals surface area contributed by atoms with Gasteiger partial charge in [-0.2, -0.15) is 13.2 Å². The third-order valence-corrected chi connectivity index (χ3v) is 8.51. The van der Waals surface area contributed by atoms with E-state index in [1.807, 2.05) is 0 Å². The highest BCUT2D eigenvalue weighted by atomic mass is 19.4. The molecule has 0 N–H and O–H groups in total. The molecule has 0 saturated heterocycles. The van der Waals surface area contributed by atoms with E-state index in [0.717, 1.165) is 38.5 Å². The predicted octanol–water partition coefficient (Wildman–Crippen LogP) is 11.5. The largest absolute Gasteiger partial charge is 0.490 e. The lowest BCUT2D eigenvalue weighted by Gasteiger charge is -2.20. The highest BCUT2D eigenvalue weighted by molar-refractivity contribution is 5.92. The van der Waals surface area contributed by atoms with E-state index in [9.17, 15) is 22.8 Å². The van der Waals surface area contributed by atoms with Gasteiger partial charge in [-0.1, -0.05) is 116 Å². The lowest BCUT2D eigenvalue weighted by Crippen LogP contribution is -2.33. The molecule has 0 spiro atoms. The minimum absolute atomic E-state index is 0.0680. The number of hydrogen-bond acceptors (Lipinski definition) is 7. The van der Waals surface area contributed by atoms with Gasteiger partial charge >= 0.3 is 18.1 Å². The summed E-state index contributed by atoms with van der Waals surface area (Å²) in [6, 6.07) is 11.8. The summed E-state index contributed by atoms with van der Waals surface area (Å²) in [5.41, 5.74) is 0.914. The van der Waals surface area contributed by atoms with Crippen molar-refractivity contribution >= 4 is 11.9 Å². The molecule has 7 nitrogen and oxygen atoms in total. The zero-order chi connectivity index (χ0) is 36.0. The zero-order valence-electron chi connectivity index (χ0n) is 29.6. The molecular weight excluding hydrogens is 645 g/mol. The van der Waals surface area contributed by atoms with Crippen molar-refractivity contribution in [2.24, 2.45) is 0 Å². The molecule has 0 aliphatic heterocycles. The molecule has 10 heteroatoms. The van der Waals surface area contributed by atoms with E-state index in [0.29, 0.717) is 36.6 Å². The van der Waals surface area contributed by atoms with Crippen LogP contribution in [0.25, 0.3) is 11.4 Å². The second-order valence-electron chi connectivity index (χ2n) is 12.8. The number of halogens is 3. The number of nitrogens with zero attached hydrogens (tertiary/aromatic N) is 2. The summed E-state index contributed by atoms with van der Waals surface area (Å²) < 4.78 is 56.5. The minimum Gasteiger partial charge on any atom is -0.490 e. The second-order valence-corrected chi connectivity index (χ2v) is 12.8. The standard InChI is InChI=1S/C40H53F3N2O5/c1-3-5-7-9-11-12-13-14-16-18-28-48-35-29-44-37(45-30-35)31-20-22-32(23-21-31)38(46)49-34-26-24-33(25-27-34)39(47)50-36(40(41,42)43)19-17-15-10-8-6-4-2/h20-27,29-30,36H,3-19,28H2,1-2H3/t36-/m1/s1. The summed E-state index contributed by atoms with van der Waals surface area (Å²) >= 11 is 0. The van der Waals surface area contributed by atoms with Crippen molar-refractivity contribution in [3.8, 4) is 22.9 Å². The average molecular weight is 699 g/mol. The van der Waals surface area contributed by atoms with Gasteiger partial charge in [0.15, 0.2) is 17.7 Å². The molecule has 0 fully saturated rings. The van der Waals surface area contributed by atoms with Crippen molar-refractivity contribution in [1.29, 1.82) is 0 Å². The maximum atomic E-state index is 13.5. The van der Waals surface area contributed by atoms with E-state index >= 15 is 0 Å². The number of ether oxygens (including phenoxy) is 3. The first-order chi connectivity index (χ1) is 24.2. The molecule has 0 aliphatic rings. The number of aromatic nitrogens is 2. The van der Waals surface area contributed by atoms with Gasteiger partial charge < -0.3 is 14.2 Å². The molecule has 0 radical (unpaired) electrons. The summed E-state index contributed by atoms with van der Waals surface area (Å²) in [5, 5.41) is 0. The first-order valence-corrected chi connectivity index (χ1v) is 18.4. The van der Waals surface area contributed by atoms with Gasteiger partial charge in [-0.15, -0.1) is 0 Å². The van der Waals surface area contributed by atoms with Crippen LogP contribution in [0.5, 0.6) is 11.5 Å². The highest BCUT2D eigenvalue weighted by Crippen LogP contribution is 2.29. The SMILES string of the molecule is CCCCCCCCCCCCOc1cnc(-c2ccc(C(=O)Oc3ccc(C(=O)O[C@H](CCCCCCCC)C(F)(F)F)cc3)cc2)nc1. The predicted molar refractivity (Wildman–Crippen MR) is 189 cm³/mol. The number of unbranched alkanes of at least 4 members (excludes halogenated alkanes) is 14. The van der Waals surface area contributed by atoms with Gasteiger partial charge in [0.25, 0.3) is 0 Å². The summed E-state index contributed by atoms with van der Waals surface area (Å²) in [5.74, 6) is -0.495. The second kappa shape index (κ2) is 22.7. The van der Waals surface area contributed by atoms with Crippen molar-refractivity contribution < 1.29 is 37.0 Å². The molecule has 3 rings (SSSR count). The van der Waals surface area contributed by atoms with Crippen LogP contribution < -0.4 is 9.47 Å². The molecule has 1 heterocycles. The number of alkyl halides is 3. The number of carbonyl (C=O) groups excluding carboxylic acids is 2. The topological polar surface area (TPSA) is 87.6 Å². The Morgan fingerprint density at radius 2 is 1.10 bits per heavy atom. The third kappa shape index (κ3) is 15.3. The molecule has 1 atom stereocenters. The smallest absolute Gasteiger partial charge is 0.425 e. The Balaban J connectivity index is 1.40. The average Bonchev–Trinajstić information content (AvgIpc) is 3.11. The zero-order valence-corrected chi connectivity index (χ0v) is 29.6. The molecule has 274 valence electrons. The fourth-order valence-electron chi connectivity index (χ4n) is 5.50. The lowest BCUT2D eigenvalue weighted by atomic mass is 10.1. The van der Waals surface area contributed by atoms with Gasteiger partial charge in [0.2, 0.25) is 0 Å². The summed E-state index contributed by atoms with van der Waals surface area (Å²) in [6.07, 6.45) is 13.7. The van der Waals surface area contributed by atoms with Crippen molar-refractivity contribution in [1.82, 2.24) is 9.97 Å². The number of carbonyl (C=O) groups is 2. The first-order valence-electron chi connectivity index (χ1n) is 18.4. The first kappa shape index (κ1) is 40.5. The fraction of sp³-hybridized carbons (Fsp3) is 0.550. The Morgan fingerprint density at radius 3 is 1.64 bits per heavy atom. The van der Waals surface area contributed by atoms with Gasteiger partial charge in [0.1, 0.15) is 5.75 Å². The molecule has 0 saturated carbocycles. The maximum Gasteiger partial charge on any atom is 0.425 e.